The van der Waals surface area contributed by atoms with E-state index in [1.54, 1.807) is 78.8 Å². The summed E-state index contributed by atoms with van der Waals surface area (Å²) in [6, 6.07) is 6.24. The largest absolute Gasteiger partial charge is 0.481 e. The van der Waals surface area contributed by atoms with Crippen LogP contribution in [0.3, 0.4) is 0 Å². The highest BCUT2D eigenvalue weighted by molar-refractivity contribution is 5.92. The number of carboxylic acids is 6. The summed E-state index contributed by atoms with van der Waals surface area (Å²) in [5, 5.41) is 167. The highest BCUT2D eigenvalue weighted by Crippen LogP contribution is 2.30. The van der Waals surface area contributed by atoms with Crippen LogP contribution in [0.25, 0.3) is 0 Å². The molecular formula is C88H148O37. The second-order valence-electron chi connectivity index (χ2n) is 33.0. The molecule has 37 heteroatoms. The van der Waals surface area contributed by atoms with Gasteiger partial charge in [-0.1, -0.05) is 62.5 Å². The number of hydrogen-bond acceptors (Lipinski definition) is 31. The summed E-state index contributed by atoms with van der Waals surface area (Å²) in [4.78, 5) is 74.5. The second-order valence-corrected chi connectivity index (χ2v) is 33.0. The SMILES string of the molecule is CC1O[C@@H](O[C@H](C)CC/C=C/C(=O)Cc2ccc(C(=O)O)cc2)[C@@H](O)C[C@H]1O.CC1O[C@@H](O[C@H](C)CC/C=C/C(=O)O)[C@@H](O)C[C@H]1O.CC1O[C@@H](O[C@H](C)CCC(=O)O)[C@@H](O)C[C@H]1O.CC1O[C@@H](O[C@H](C)CCCC/C=C/C(=O)O)[C@@H](O)C[C@H]1O.CC1O[C@@H](O[C@H](C)CCCCC(=O)O)[C@@H](O)C[C@H]1O.CC1O[C@@H](O[C@H](C)CCCCCCC(=O)O)[C@@H](O)C[C@H]1O. The number of ketones is 1. The molecule has 1 aromatic rings. The van der Waals surface area contributed by atoms with Crippen LogP contribution < -0.4 is 0 Å². The number of allylic oxidation sites excluding steroid dienone is 4. The molecule has 6 unspecified atom stereocenters. The molecule has 6 aliphatic heterocycles. The molecule has 6 saturated heterocycles. The summed E-state index contributed by atoms with van der Waals surface area (Å²) >= 11 is 0. The monoisotopic (exact) mass is 1800 g/mol. The Kier molecular flexibility index (Phi) is 58.0. The first-order chi connectivity index (χ1) is 58.7. The molecule has 0 aliphatic carbocycles. The standard InChI is InChI=1S/C21H28O7.C15H28O6.C15H26O6.C13H24O6.C13H22O6.C11H20O6/c1-13(27-21-19(24)12-18(23)14(2)28-21)5-3-4-6-17(22)11-15-7-9-16(10-8-15)20(25)26;2*1-10(7-5-3-4-6-8-14(18)19)20-15-13(17)9-12(16)11(2)21-15;2*1-8(5-3-4-6-12(16)17)18-13-11(15)7-10(14)9(2)19-13;1-6(3-4-10(14)15)16-11-9(13)5-8(12)7(2)17-11/h4,6-10,13-14,18-19,21,23-24H,3,5,11-12H2,1-2H3,(H,25,26);10-13,15-17H,3-9H2,1-2H3,(H,18,19);6,8,10-13,15-17H,3-5,7,9H2,1-2H3,(H,18,19);8-11,13-15H,3-7H2,1-2H3,(H,16,17);4,6,8-11,13-15H,3,5,7H2,1-2H3,(H,16,17);6-9,11-13H,3-5H2,1-2H3,(H,14,15)/b6-4+;;8-6+;;6-4+;/t13-,14?,18-,19+,21-;2*10-,11?,12-,13+,15-;2*8-,9?,10-,11+,13-;6-,7?,8-,9+,11-/m111111/s1. The predicted molar refractivity (Wildman–Crippen MR) is 449 cm³/mol. The van der Waals surface area contributed by atoms with E-state index in [-0.39, 0.29) is 143 Å². The second kappa shape index (κ2) is 63.1. The Hall–Kier alpha value is -6.03. The average molecular weight is 1800 g/mol. The molecule has 0 saturated carbocycles. The van der Waals surface area contributed by atoms with Crippen molar-refractivity contribution < 1.29 is 182 Å². The summed E-state index contributed by atoms with van der Waals surface area (Å²) in [5.41, 5.74) is 0.952. The number of aliphatic hydroxyl groups is 12. The summed E-state index contributed by atoms with van der Waals surface area (Å²) in [6.07, 6.45) is 7.03. The van der Waals surface area contributed by atoms with Crippen LogP contribution in [0.15, 0.2) is 60.7 Å². The van der Waals surface area contributed by atoms with Gasteiger partial charge in [-0.2, -0.15) is 0 Å². The van der Waals surface area contributed by atoms with Gasteiger partial charge in [0.15, 0.2) is 43.5 Å². The Balaban J connectivity index is 0.000000512. The maximum Gasteiger partial charge on any atom is 0.335 e. The number of hydrogen-bond donors (Lipinski definition) is 18. The van der Waals surface area contributed by atoms with Gasteiger partial charge in [0.05, 0.1) is 115 Å². The molecular weight excluding hydrogens is 1650 g/mol. The lowest BCUT2D eigenvalue weighted by molar-refractivity contribution is -0.273. The van der Waals surface area contributed by atoms with Crippen LogP contribution in [0.2, 0.25) is 0 Å². The number of ether oxygens (including phenoxy) is 12. The minimum atomic E-state index is -0.995. The number of carboxylic acid groups (broad SMARTS) is 6. The molecule has 37 nitrogen and oxygen atoms in total. The number of aliphatic hydroxyl groups excluding tert-OH is 12. The minimum absolute atomic E-state index is 0.0160. The summed E-state index contributed by atoms with van der Waals surface area (Å²) in [7, 11) is 0. The van der Waals surface area contributed by atoms with Crippen LogP contribution >= 0.6 is 0 Å². The van der Waals surface area contributed by atoms with Gasteiger partial charge in [-0.25, -0.2) is 14.4 Å². The molecule has 18 N–H and O–H groups in total. The molecule has 0 aromatic heterocycles. The van der Waals surface area contributed by atoms with Crippen LogP contribution in [-0.2, 0) is 92.0 Å². The molecule has 1 aromatic carbocycles. The van der Waals surface area contributed by atoms with E-state index in [2.05, 4.69) is 0 Å². The van der Waals surface area contributed by atoms with Crippen molar-refractivity contribution in [2.75, 3.05) is 0 Å². The van der Waals surface area contributed by atoms with Gasteiger partial charge in [0.1, 0.15) is 36.6 Å². The number of benzene rings is 1. The van der Waals surface area contributed by atoms with Gasteiger partial charge >= 0.3 is 35.8 Å². The third-order valence-electron chi connectivity index (χ3n) is 21.2. The van der Waals surface area contributed by atoms with Crippen LogP contribution in [0.5, 0.6) is 0 Å². The van der Waals surface area contributed by atoms with E-state index in [0.717, 1.165) is 81.9 Å². The van der Waals surface area contributed by atoms with E-state index >= 15 is 0 Å². The van der Waals surface area contributed by atoms with Crippen LogP contribution in [-0.4, -0.2) is 318 Å². The summed E-state index contributed by atoms with van der Waals surface area (Å²) in [6.45, 7) is 21.6. The van der Waals surface area contributed by atoms with Gasteiger partial charge in [-0.15, -0.1) is 0 Å². The normalized spacial score (nSPS) is 31.3. The molecule has 7 rings (SSSR count). The number of carbonyl (C=O) groups excluding carboxylic acids is 1. The zero-order chi connectivity index (χ0) is 94.2. The topological polar surface area (TPSA) is 594 Å². The number of rotatable bonds is 44. The lowest BCUT2D eigenvalue weighted by Crippen LogP contribution is -2.48. The van der Waals surface area contributed by atoms with E-state index in [9.17, 15) is 94.8 Å². The minimum Gasteiger partial charge on any atom is -0.481 e. The molecule has 6 fully saturated rings. The summed E-state index contributed by atoms with van der Waals surface area (Å²) in [5.74, 6) is -5.37. The van der Waals surface area contributed by atoms with E-state index in [1.807, 2.05) is 34.6 Å². The van der Waals surface area contributed by atoms with Gasteiger partial charge in [-0.05, 0) is 184 Å². The van der Waals surface area contributed by atoms with E-state index in [0.29, 0.717) is 44.9 Å². The first-order valence-corrected chi connectivity index (χ1v) is 43.7. The van der Waals surface area contributed by atoms with Crippen molar-refractivity contribution in [1.82, 2.24) is 0 Å². The molecule has 0 amide bonds. The zero-order valence-corrected chi connectivity index (χ0v) is 74.5. The number of unbranched alkanes of at least 4 members (excludes halogenated alkanes) is 6. The zero-order valence-electron chi connectivity index (χ0n) is 74.5. The van der Waals surface area contributed by atoms with Gasteiger partial charge < -0.3 is 149 Å². The third-order valence-corrected chi connectivity index (χ3v) is 21.2. The number of carbonyl (C=O) groups is 7. The maximum atomic E-state index is 12.0. The fourth-order valence-electron chi connectivity index (χ4n) is 13.2. The molecule has 0 bridgehead atoms. The van der Waals surface area contributed by atoms with Crippen LogP contribution in [0.4, 0.5) is 0 Å². The summed E-state index contributed by atoms with van der Waals surface area (Å²) < 4.78 is 66.2. The predicted octanol–water partition coefficient (Wildman–Crippen LogP) is 6.89. The van der Waals surface area contributed by atoms with Crippen molar-refractivity contribution in [2.24, 2.45) is 0 Å². The van der Waals surface area contributed by atoms with Crippen molar-refractivity contribution in [3.63, 3.8) is 0 Å². The molecule has 6 heterocycles. The number of aliphatic carboxylic acids is 5. The lowest BCUT2D eigenvalue weighted by atomic mass is 10.0. The lowest BCUT2D eigenvalue weighted by Gasteiger charge is -2.36. The first-order valence-electron chi connectivity index (χ1n) is 43.7. The quantitative estimate of drug-likeness (QED) is 0.0233. The van der Waals surface area contributed by atoms with Gasteiger partial charge in [-0.3, -0.25) is 19.2 Å². The van der Waals surface area contributed by atoms with Crippen molar-refractivity contribution in [1.29, 1.82) is 0 Å². The number of aromatic carboxylic acids is 1. The molecule has 0 spiro atoms. The van der Waals surface area contributed by atoms with Gasteiger partial charge in [0.25, 0.3) is 0 Å². The highest BCUT2D eigenvalue weighted by Gasteiger charge is 2.41. The van der Waals surface area contributed by atoms with Crippen LogP contribution in [0.1, 0.15) is 266 Å². The fourth-order valence-corrected chi connectivity index (χ4v) is 13.2. The van der Waals surface area contributed by atoms with Crippen molar-refractivity contribution >= 4 is 41.6 Å². The van der Waals surface area contributed by atoms with E-state index in [1.165, 1.54) is 18.2 Å². The Morgan fingerprint density at radius 2 is 0.560 bits per heavy atom. The van der Waals surface area contributed by atoms with Crippen molar-refractivity contribution in [2.45, 2.75) is 441 Å². The molecule has 722 valence electrons. The highest BCUT2D eigenvalue weighted by atomic mass is 16.7. The molecule has 125 heavy (non-hydrogen) atoms. The van der Waals surface area contributed by atoms with Crippen molar-refractivity contribution in [3.8, 4) is 0 Å². The Morgan fingerprint density at radius 3 is 0.848 bits per heavy atom. The van der Waals surface area contributed by atoms with E-state index < -0.39 is 153 Å². The Morgan fingerprint density at radius 1 is 0.312 bits per heavy atom. The molecule has 30 atom stereocenters. The fraction of sp³-hybridized carbons (Fsp3) is 0.784. The first kappa shape index (κ1) is 115. The van der Waals surface area contributed by atoms with Gasteiger partial charge in [0, 0.05) is 76.4 Å². The Labute approximate surface area is 733 Å². The van der Waals surface area contributed by atoms with Crippen LogP contribution in [0, 0.1) is 0 Å². The third kappa shape index (κ3) is 51.2. The smallest absolute Gasteiger partial charge is 0.335 e. The average Bonchev–Trinajstić information content (AvgIpc) is 0.874. The van der Waals surface area contributed by atoms with E-state index in [4.69, 9.17) is 87.5 Å². The molecule has 6 aliphatic rings. The van der Waals surface area contributed by atoms with Gasteiger partial charge in [0.2, 0.25) is 0 Å². The maximum absolute atomic E-state index is 12.0. The van der Waals surface area contributed by atoms with Crippen molar-refractivity contribution in [3.05, 3.63) is 71.8 Å². The Bertz CT molecular complexity index is 3230. The molecule has 0 radical (unpaired) electrons.